The number of thioether (sulfide) groups is 1. The number of nitrogens with one attached hydrogen (secondary N) is 2. The molecule has 0 saturated heterocycles. The Balaban J connectivity index is 1.51. The molecule has 2 amide bonds. The number of anilines is 2. The second-order valence-electron chi connectivity index (χ2n) is 6.76. The summed E-state index contributed by atoms with van der Waals surface area (Å²) in [6, 6.07) is 14.7. The highest BCUT2D eigenvalue weighted by atomic mass is 32.2. The third kappa shape index (κ3) is 6.93. The third-order valence-corrected chi connectivity index (χ3v) is 6.08. The summed E-state index contributed by atoms with van der Waals surface area (Å²) in [4.78, 5) is 41.4. The highest BCUT2D eigenvalue weighted by Crippen LogP contribution is 2.23. The first-order valence-electron chi connectivity index (χ1n) is 9.94. The number of benzene rings is 2. The monoisotopic (exact) mass is 469 g/mol. The van der Waals surface area contributed by atoms with Crippen LogP contribution < -0.4 is 10.6 Å². The van der Waals surface area contributed by atoms with Crippen molar-refractivity contribution in [1.82, 2.24) is 4.98 Å². The molecular weight excluding hydrogens is 446 g/mol. The average molecular weight is 470 g/mol. The lowest BCUT2D eigenvalue weighted by Gasteiger charge is -2.09. The number of amides is 2. The van der Waals surface area contributed by atoms with E-state index in [0.717, 1.165) is 10.5 Å². The van der Waals surface area contributed by atoms with Gasteiger partial charge in [-0.1, -0.05) is 24.3 Å². The minimum Gasteiger partial charge on any atom is -0.466 e. The molecule has 3 aromatic rings. The number of esters is 1. The summed E-state index contributed by atoms with van der Waals surface area (Å²) < 4.78 is 4.90. The lowest BCUT2D eigenvalue weighted by Crippen LogP contribution is -2.14. The minimum absolute atomic E-state index is 0.0793. The zero-order valence-corrected chi connectivity index (χ0v) is 19.3. The number of carbonyl (C=O) groups is 3. The molecule has 1 aromatic heterocycles. The van der Waals surface area contributed by atoms with E-state index in [4.69, 9.17) is 4.74 Å². The normalized spacial score (nSPS) is 10.4. The van der Waals surface area contributed by atoms with Gasteiger partial charge in [0.05, 0.1) is 24.5 Å². The Labute approximate surface area is 194 Å². The van der Waals surface area contributed by atoms with Gasteiger partial charge in [0.15, 0.2) is 5.13 Å². The maximum atomic E-state index is 12.5. The van der Waals surface area contributed by atoms with Gasteiger partial charge in [-0.3, -0.25) is 14.4 Å². The predicted octanol–water partition coefficient (Wildman–Crippen LogP) is 4.54. The molecule has 0 fully saturated rings. The van der Waals surface area contributed by atoms with Crippen LogP contribution in [0.4, 0.5) is 10.8 Å². The molecular formula is C23H23N3O4S2. The Morgan fingerprint density at radius 1 is 1.09 bits per heavy atom. The van der Waals surface area contributed by atoms with Crippen LogP contribution in [0.2, 0.25) is 0 Å². The van der Waals surface area contributed by atoms with E-state index in [-0.39, 0.29) is 30.0 Å². The number of aromatic nitrogens is 1. The van der Waals surface area contributed by atoms with E-state index in [1.54, 1.807) is 24.4 Å². The van der Waals surface area contributed by atoms with Crippen molar-refractivity contribution in [3.8, 4) is 0 Å². The summed E-state index contributed by atoms with van der Waals surface area (Å²) in [6.07, 6.45) is 0.0793. The van der Waals surface area contributed by atoms with Gasteiger partial charge in [0.1, 0.15) is 0 Å². The van der Waals surface area contributed by atoms with Crippen molar-refractivity contribution in [2.75, 3.05) is 23.0 Å². The van der Waals surface area contributed by atoms with Gasteiger partial charge < -0.3 is 15.4 Å². The molecule has 0 aliphatic rings. The quantitative estimate of drug-likeness (QED) is 0.353. The van der Waals surface area contributed by atoms with E-state index in [1.165, 1.54) is 23.1 Å². The molecule has 0 unspecified atom stereocenters. The summed E-state index contributed by atoms with van der Waals surface area (Å²) >= 11 is 2.61. The molecule has 32 heavy (non-hydrogen) atoms. The number of ether oxygens (including phenoxy) is 1. The van der Waals surface area contributed by atoms with Gasteiger partial charge in [0, 0.05) is 21.5 Å². The fourth-order valence-electron chi connectivity index (χ4n) is 2.80. The van der Waals surface area contributed by atoms with Crippen molar-refractivity contribution in [3.63, 3.8) is 0 Å². The van der Waals surface area contributed by atoms with Gasteiger partial charge >= 0.3 is 5.97 Å². The number of rotatable bonds is 9. The topological polar surface area (TPSA) is 97.4 Å². The molecule has 0 radical (unpaired) electrons. The Kier molecular flexibility index (Phi) is 8.41. The summed E-state index contributed by atoms with van der Waals surface area (Å²) in [5.41, 5.74) is 2.75. The first-order chi connectivity index (χ1) is 15.4. The van der Waals surface area contributed by atoms with Crippen molar-refractivity contribution < 1.29 is 19.1 Å². The molecule has 2 aromatic carbocycles. The van der Waals surface area contributed by atoms with E-state index in [1.807, 2.05) is 43.3 Å². The number of aryl methyl sites for hydroxylation is 1. The van der Waals surface area contributed by atoms with Gasteiger partial charge in [0.25, 0.3) is 5.91 Å². The molecule has 3 rings (SSSR count). The molecule has 9 heteroatoms. The molecule has 7 nitrogen and oxygen atoms in total. The number of hydrogen-bond donors (Lipinski definition) is 2. The highest BCUT2D eigenvalue weighted by Gasteiger charge is 2.12. The molecule has 1 heterocycles. The van der Waals surface area contributed by atoms with Gasteiger partial charge in [-0.2, -0.15) is 0 Å². The average Bonchev–Trinajstić information content (AvgIpc) is 3.19. The van der Waals surface area contributed by atoms with Crippen LogP contribution in [0.3, 0.4) is 0 Å². The molecule has 0 aliphatic carbocycles. The SMILES string of the molecule is CCOC(=O)Cc1csc(NC(=O)CSc2cccc(NC(=O)c3ccccc3C)c2)n1. The number of thiazole rings is 1. The smallest absolute Gasteiger partial charge is 0.311 e. The Morgan fingerprint density at radius 2 is 1.91 bits per heavy atom. The van der Waals surface area contributed by atoms with Crippen LogP contribution in [0.25, 0.3) is 0 Å². The maximum absolute atomic E-state index is 12.5. The lowest BCUT2D eigenvalue weighted by molar-refractivity contribution is -0.142. The van der Waals surface area contributed by atoms with Crippen molar-refractivity contribution in [2.45, 2.75) is 25.2 Å². The molecule has 0 spiro atoms. The summed E-state index contributed by atoms with van der Waals surface area (Å²) in [5.74, 6) is -0.547. The van der Waals surface area contributed by atoms with Gasteiger partial charge in [0.2, 0.25) is 5.91 Å². The van der Waals surface area contributed by atoms with E-state index in [2.05, 4.69) is 15.6 Å². The van der Waals surface area contributed by atoms with Crippen molar-refractivity contribution in [2.24, 2.45) is 0 Å². The van der Waals surface area contributed by atoms with E-state index >= 15 is 0 Å². The molecule has 0 bridgehead atoms. The number of carbonyl (C=O) groups excluding carboxylic acids is 3. The van der Waals surface area contributed by atoms with Crippen LogP contribution in [0.1, 0.15) is 28.5 Å². The molecule has 0 atom stereocenters. The maximum Gasteiger partial charge on any atom is 0.311 e. The molecule has 2 N–H and O–H groups in total. The minimum atomic E-state index is -0.347. The Bertz CT molecular complexity index is 1110. The standard InChI is InChI=1S/C23H23N3O4S2/c1-3-30-21(28)12-17-13-32-23(25-17)26-20(27)14-31-18-9-6-8-16(11-18)24-22(29)19-10-5-4-7-15(19)2/h4-11,13H,3,12,14H2,1-2H3,(H,24,29)(H,25,26,27). The van der Waals surface area contributed by atoms with Crippen LogP contribution in [0, 0.1) is 6.92 Å². The van der Waals surface area contributed by atoms with Gasteiger partial charge in [-0.15, -0.1) is 23.1 Å². The second kappa shape index (κ2) is 11.4. The van der Waals surface area contributed by atoms with E-state index < -0.39 is 0 Å². The van der Waals surface area contributed by atoms with Crippen LogP contribution in [-0.2, 0) is 20.7 Å². The largest absolute Gasteiger partial charge is 0.466 e. The highest BCUT2D eigenvalue weighted by molar-refractivity contribution is 8.00. The fourth-order valence-corrected chi connectivity index (χ4v) is 4.28. The lowest BCUT2D eigenvalue weighted by atomic mass is 10.1. The molecule has 166 valence electrons. The first kappa shape index (κ1) is 23.5. The summed E-state index contributed by atoms with van der Waals surface area (Å²) in [5, 5.41) is 7.79. The number of nitrogens with zero attached hydrogens (tertiary/aromatic N) is 1. The van der Waals surface area contributed by atoms with Crippen LogP contribution in [0.5, 0.6) is 0 Å². The molecule has 0 aliphatic heterocycles. The van der Waals surface area contributed by atoms with E-state index in [9.17, 15) is 14.4 Å². The van der Waals surface area contributed by atoms with Crippen molar-refractivity contribution >= 4 is 51.7 Å². The predicted molar refractivity (Wildman–Crippen MR) is 127 cm³/mol. The summed E-state index contributed by atoms with van der Waals surface area (Å²) in [6.45, 7) is 3.96. The van der Waals surface area contributed by atoms with Gasteiger partial charge in [-0.25, -0.2) is 4.98 Å². The van der Waals surface area contributed by atoms with Crippen molar-refractivity contribution in [3.05, 3.63) is 70.7 Å². The van der Waals surface area contributed by atoms with Crippen LogP contribution in [0.15, 0.2) is 58.8 Å². The molecule has 0 saturated carbocycles. The Hall–Kier alpha value is -3.17. The van der Waals surface area contributed by atoms with Crippen LogP contribution in [-0.4, -0.2) is 35.1 Å². The number of hydrogen-bond acceptors (Lipinski definition) is 7. The fraction of sp³-hybridized carbons (Fsp3) is 0.217. The van der Waals surface area contributed by atoms with Gasteiger partial charge in [-0.05, 0) is 43.7 Å². The third-order valence-electron chi connectivity index (χ3n) is 4.28. The van der Waals surface area contributed by atoms with Crippen LogP contribution >= 0.6 is 23.1 Å². The zero-order chi connectivity index (χ0) is 22.9. The second-order valence-corrected chi connectivity index (χ2v) is 8.67. The Morgan fingerprint density at radius 3 is 2.69 bits per heavy atom. The first-order valence-corrected chi connectivity index (χ1v) is 11.8. The van der Waals surface area contributed by atoms with E-state index in [0.29, 0.717) is 28.7 Å². The zero-order valence-electron chi connectivity index (χ0n) is 17.7. The summed E-state index contributed by atoms with van der Waals surface area (Å²) in [7, 11) is 0. The van der Waals surface area contributed by atoms with Crippen molar-refractivity contribution in [1.29, 1.82) is 0 Å².